The fourth-order valence-corrected chi connectivity index (χ4v) is 3.23. The van der Waals surface area contributed by atoms with Crippen molar-refractivity contribution in [1.82, 2.24) is 19.8 Å². The van der Waals surface area contributed by atoms with Crippen LogP contribution in [-0.4, -0.2) is 26.4 Å². The molecule has 0 aliphatic heterocycles. The molecule has 0 fully saturated rings. The monoisotopic (exact) mass is 351 g/mol. The molecule has 4 rings (SSSR count). The third-order valence-electron chi connectivity index (χ3n) is 3.72. The van der Waals surface area contributed by atoms with E-state index in [1.807, 2.05) is 43.3 Å². The van der Waals surface area contributed by atoms with Crippen LogP contribution < -0.4 is 10.1 Å². The first kappa shape index (κ1) is 15.6. The number of hydrogen-bond acceptors (Lipinski definition) is 6. The average molecular weight is 351 g/mol. The molecule has 2 aromatic heterocycles. The van der Waals surface area contributed by atoms with Gasteiger partial charge in [-0.2, -0.15) is 4.52 Å². The first-order chi connectivity index (χ1) is 12.2. The van der Waals surface area contributed by atoms with Gasteiger partial charge in [0.2, 0.25) is 10.1 Å². The van der Waals surface area contributed by atoms with E-state index in [1.165, 1.54) is 16.9 Å². The minimum absolute atomic E-state index is 0.647. The number of hydrogen-bond donors (Lipinski definition) is 1. The van der Waals surface area contributed by atoms with Crippen LogP contribution >= 0.6 is 11.3 Å². The van der Waals surface area contributed by atoms with Gasteiger partial charge >= 0.3 is 0 Å². The summed E-state index contributed by atoms with van der Waals surface area (Å²) in [6, 6.07) is 16.0. The van der Waals surface area contributed by atoms with Crippen molar-refractivity contribution in [3.63, 3.8) is 0 Å². The maximum absolute atomic E-state index is 5.48. The fraction of sp³-hybridized carbons (Fsp3) is 0.167. The second-order valence-electron chi connectivity index (χ2n) is 5.57. The van der Waals surface area contributed by atoms with E-state index in [4.69, 9.17) is 4.74 Å². The summed E-state index contributed by atoms with van der Waals surface area (Å²) >= 11 is 1.47. The van der Waals surface area contributed by atoms with E-state index in [-0.39, 0.29) is 0 Å². The van der Waals surface area contributed by atoms with Crippen LogP contribution in [0.3, 0.4) is 0 Å². The second-order valence-corrected chi connectivity index (χ2v) is 6.53. The standard InChI is InChI=1S/C18H17N5OS/c1-3-24-15-10-6-13(7-11-15)16-20-21-18-23(16)22-17(25-18)19-14-8-4-12(2)5-9-14/h4-11H,3H2,1-2H3,(H,19,22). The Morgan fingerprint density at radius 3 is 2.52 bits per heavy atom. The van der Waals surface area contributed by atoms with Gasteiger partial charge < -0.3 is 10.1 Å². The lowest BCUT2D eigenvalue weighted by atomic mass is 10.2. The number of aryl methyl sites for hydroxylation is 1. The Kier molecular flexibility index (Phi) is 4.07. The SMILES string of the molecule is CCOc1ccc(-c2nnc3sc(Nc4ccc(C)cc4)nn23)cc1. The highest BCUT2D eigenvalue weighted by atomic mass is 32.1. The number of aromatic nitrogens is 4. The lowest BCUT2D eigenvalue weighted by Crippen LogP contribution is -1.95. The highest BCUT2D eigenvalue weighted by Gasteiger charge is 2.13. The number of ether oxygens (including phenoxy) is 1. The van der Waals surface area contributed by atoms with Gasteiger partial charge in [0.25, 0.3) is 0 Å². The Labute approximate surface area is 149 Å². The molecule has 4 aromatic rings. The molecule has 0 saturated carbocycles. The summed E-state index contributed by atoms with van der Waals surface area (Å²) in [7, 11) is 0. The number of benzene rings is 2. The Morgan fingerprint density at radius 1 is 1.04 bits per heavy atom. The second kappa shape index (κ2) is 6.52. The topological polar surface area (TPSA) is 64.3 Å². The smallest absolute Gasteiger partial charge is 0.236 e. The summed E-state index contributed by atoms with van der Waals surface area (Å²) in [6.07, 6.45) is 0. The Balaban J connectivity index is 1.62. The predicted octanol–water partition coefficient (Wildman–Crippen LogP) is 4.30. The van der Waals surface area contributed by atoms with Gasteiger partial charge in [-0.15, -0.1) is 15.3 Å². The molecule has 126 valence electrons. The maximum atomic E-state index is 5.48. The first-order valence-corrected chi connectivity index (χ1v) is 8.84. The number of fused-ring (bicyclic) bond motifs is 1. The molecular weight excluding hydrogens is 334 g/mol. The van der Waals surface area contributed by atoms with Gasteiger partial charge in [-0.05, 0) is 50.2 Å². The normalized spacial score (nSPS) is 11.0. The number of nitrogens with one attached hydrogen (secondary N) is 1. The average Bonchev–Trinajstić information content (AvgIpc) is 3.18. The molecule has 6 nitrogen and oxygen atoms in total. The third kappa shape index (κ3) is 3.18. The quantitative estimate of drug-likeness (QED) is 0.581. The van der Waals surface area contributed by atoms with E-state index in [0.717, 1.165) is 27.1 Å². The molecule has 2 aromatic carbocycles. The van der Waals surface area contributed by atoms with Crippen molar-refractivity contribution >= 4 is 27.1 Å². The number of anilines is 2. The van der Waals surface area contributed by atoms with E-state index in [1.54, 1.807) is 4.52 Å². The lowest BCUT2D eigenvalue weighted by molar-refractivity contribution is 0.340. The van der Waals surface area contributed by atoms with Gasteiger partial charge in [0.1, 0.15) is 5.75 Å². The summed E-state index contributed by atoms with van der Waals surface area (Å²) in [6.45, 7) is 4.68. The molecule has 25 heavy (non-hydrogen) atoms. The molecular formula is C18H17N5OS. The van der Waals surface area contributed by atoms with Crippen LogP contribution in [0.2, 0.25) is 0 Å². The molecule has 1 N–H and O–H groups in total. The van der Waals surface area contributed by atoms with Crippen LogP contribution in [0.25, 0.3) is 16.3 Å². The van der Waals surface area contributed by atoms with Crippen molar-refractivity contribution in [2.24, 2.45) is 0 Å². The van der Waals surface area contributed by atoms with E-state index in [2.05, 4.69) is 39.7 Å². The number of nitrogens with zero attached hydrogens (tertiary/aromatic N) is 4. The van der Waals surface area contributed by atoms with Crippen LogP contribution in [0, 0.1) is 6.92 Å². The third-order valence-corrected chi connectivity index (χ3v) is 4.53. The van der Waals surface area contributed by atoms with E-state index in [9.17, 15) is 0 Å². The number of rotatable bonds is 5. The molecule has 0 radical (unpaired) electrons. The summed E-state index contributed by atoms with van der Waals surface area (Å²) in [5.74, 6) is 1.55. The van der Waals surface area contributed by atoms with Crippen molar-refractivity contribution < 1.29 is 4.74 Å². The Bertz CT molecular complexity index is 989. The summed E-state index contributed by atoms with van der Waals surface area (Å²) in [5, 5.41) is 17.2. The van der Waals surface area contributed by atoms with Crippen LogP contribution in [-0.2, 0) is 0 Å². The van der Waals surface area contributed by atoms with Gasteiger partial charge in [0, 0.05) is 11.3 Å². The molecule has 0 saturated heterocycles. The molecule has 0 atom stereocenters. The van der Waals surface area contributed by atoms with Gasteiger partial charge in [0.05, 0.1) is 6.61 Å². The zero-order chi connectivity index (χ0) is 17.2. The molecule has 0 aliphatic carbocycles. The van der Waals surface area contributed by atoms with E-state index >= 15 is 0 Å². The van der Waals surface area contributed by atoms with E-state index < -0.39 is 0 Å². The predicted molar refractivity (Wildman–Crippen MR) is 99.7 cm³/mol. The zero-order valence-electron chi connectivity index (χ0n) is 13.9. The first-order valence-electron chi connectivity index (χ1n) is 8.02. The molecule has 0 bridgehead atoms. The molecule has 2 heterocycles. The van der Waals surface area contributed by atoms with Gasteiger partial charge in [-0.3, -0.25) is 0 Å². The lowest BCUT2D eigenvalue weighted by Gasteiger charge is -2.03. The van der Waals surface area contributed by atoms with Gasteiger partial charge in [0.15, 0.2) is 5.82 Å². The Hall–Kier alpha value is -2.93. The van der Waals surface area contributed by atoms with Crippen LogP contribution in [0.15, 0.2) is 48.5 Å². The minimum atomic E-state index is 0.647. The highest BCUT2D eigenvalue weighted by Crippen LogP contribution is 2.27. The zero-order valence-corrected chi connectivity index (χ0v) is 14.7. The summed E-state index contributed by atoms with van der Waals surface area (Å²) in [5.41, 5.74) is 3.17. The molecule has 0 amide bonds. The molecule has 0 unspecified atom stereocenters. The molecule has 0 aliphatic rings. The van der Waals surface area contributed by atoms with Crippen molar-refractivity contribution in [3.05, 3.63) is 54.1 Å². The summed E-state index contributed by atoms with van der Waals surface area (Å²) < 4.78 is 7.24. The van der Waals surface area contributed by atoms with Crippen molar-refractivity contribution in [3.8, 4) is 17.1 Å². The van der Waals surface area contributed by atoms with Crippen molar-refractivity contribution in [1.29, 1.82) is 0 Å². The van der Waals surface area contributed by atoms with Crippen LogP contribution in [0.1, 0.15) is 12.5 Å². The van der Waals surface area contributed by atoms with E-state index in [0.29, 0.717) is 12.4 Å². The van der Waals surface area contributed by atoms with Gasteiger partial charge in [-0.1, -0.05) is 29.0 Å². The van der Waals surface area contributed by atoms with Crippen LogP contribution in [0.4, 0.5) is 10.8 Å². The minimum Gasteiger partial charge on any atom is -0.494 e. The molecule has 0 spiro atoms. The van der Waals surface area contributed by atoms with Crippen molar-refractivity contribution in [2.45, 2.75) is 13.8 Å². The Morgan fingerprint density at radius 2 is 1.80 bits per heavy atom. The van der Waals surface area contributed by atoms with Crippen LogP contribution in [0.5, 0.6) is 5.75 Å². The summed E-state index contributed by atoms with van der Waals surface area (Å²) in [4.78, 5) is 0.749. The largest absolute Gasteiger partial charge is 0.494 e. The van der Waals surface area contributed by atoms with Crippen molar-refractivity contribution in [2.75, 3.05) is 11.9 Å². The fourth-order valence-electron chi connectivity index (χ4n) is 2.47. The molecule has 7 heteroatoms. The van der Waals surface area contributed by atoms with Gasteiger partial charge in [-0.25, -0.2) is 0 Å². The highest BCUT2D eigenvalue weighted by molar-refractivity contribution is 7.20. The maximum Gasteiger partial charge on any atom is 0.236 e.